The fourth-order valence-corrected chi connectivity index (χ4v) is 6.18. The van der Waals surface area contributed by atoms with Crippen LogP contribution in [0.4, 0.5) is 0 Å². The Kier molecular flexibility index (Phi) is 5.27. The summed E-state index contributed by atoms with van der Waals surface area (Å²) in [6.45, 7) is 1.07. The van der Waals surface area contributed by atoms with E-state index in [1.54, 1.807) is 13.2 Å². The summed E-state index contributed by atoms with van der Waals surface area (Å²) in [6.07, 6.45) is 6.49. The van der Waals surface area contributed by atoms with Crippen molar-refractivity contribution in [2.24, 2.45) is 13.0 Å². The fraction of sp³-hybridized carbons (Fsp3) is 0.417. The zero-order valence-electron chi connectivity index (χ0n) is 18.4. The van der Waals surface area contributed by atoms with Crippen LogP contribution in [0.5, 0.6) is 0 Å². The molecule has 0 spiro atoms. The highest BCUT2D eigenvalue weighted by atomic mass is 79.9. The predicted octanol–water partition coefficient (Wildman–Crippen LogP) is 3.15. The Labute approximate surface area is 195 Å². The molecule has 0 N–H and O–H groups in total. The van der Waals surface area contributed by atoms with E-state index in [0.29, 0.717) is 9.20 Å². The van der Waals surface area contributed by atoms with E-state index in [2.05, 4.69) is 63.9 Å². The van der Waals surface area contributed by atoms with Gasteiger partial charge in [-0.3, -0.25) is 4.90 Å². The van der Waals surface area contributed by atoms with Gasteiger partial charge in [-0.2, -0.15) is 4.73 Å². The third kappa shape index (κ3) is 3.32. The van der Waals surface area contributed by atoms with E-state index in [4.69, 9.17) is 9.47 Å². The topological polar surface area (TPSA) is 70.6 Å². The van der Waals surface area contributed by atoms with Crippen molar-refractivity contribution in [1.29, 1.82) is 0 Å². The molecule has 0 radical (unpaired) electrons. The number of fused-ring (bicyclic) bond motifs is 2. The number of carbonyl (C=O) groups is 1. The highest BCUT2D eigenvalue weighted by Gasteiger charge is 2.51. The zero-order valence-corrected chi connectivity index (χ0v) is 20.0. The van der Waals surface area contributed by atoms with Crippen molar-refractivity contribution in [3.63, 3.8) is 0 Å². The van der Waals surface area contributed by atoms with Gasteiger partial charge in [0.15, 0.2) is 12.4 Å². The van der Waals surface area contributed by atoms with Gasteiger partial charge in [0.25, 0.3) is 0 Å². The molecule has 1 aliphatic heterocycles. The van der Waals surface area contributed by atoms with Crippen LogP contribution in [0.15, 0.2) is 47.3 Å². The number of rotatable bonds is 4. The molecule has 1 aliphatic carbocycles. The molecule has 3 aromatic rings. The number of hydrogen-bond donors (Lipinski definition) is 0. The van der Waals surface area contributed by atoms with Gasteiger partial charge in [-0.25, -0.2) is 4.79 Å². The lowest BCUT2D eigenvalue weighted by atomic mass is 9.69. The number of methoxy groups -OCH3 is 1. The molecule has 7 nitrogen and oxygen atoms in total. The van der Waals surface area contributed by atoms with Crippen molar-refractivity contribution in [3.8, 4) is 0 Å². The summed E-state index contributed by atoms with van der Waals surface area (Å²) < 4.78 is 15.3. The van der Waals surface area contributed by atoms with E-state index in [1.165, 1.54) is 34.4 Å². The first-order chi connectivity index (χ1) is 15.3. The van der Waals surface area contributed by atoms with Gasteiger partial charge in [0.2, 0.25) is 0 Å². The van der Waals surface area contributed by atoms with Gasteiger partial charge in [-0.15, -0.1) is 0 Å². The molecule has 0 unspecified atom stereocenters. The van der Waals surface area contributed by atoms with E-state index in [9.17, 15) is 10.0 Å². The second-order valence-electron chi connectivity index (χ2n) is 8.99. The first-order valence-electron chi connectivity index (χ1n) is 10.7. The summed E-state index contributed by atoms with van der Waals surface area (Å²) in [5, 5.41) is 12.9. The van der Waals surface area contributed by atoms with E-state index >= 15 is 0 Å². The molecule has 0 bridgehead atoms. The molecule has 168 valence electrons. The second-order valence-corrected chi connectivity index (χ2v) is 9.90. The van der Waals surface area contributed by atoms with E-state index in [0.717, 1.165) is 19.4 Å². The van der Waals surface area contributed by atoms with Crippen LogP contribution in [0.1, 0.15) is 27.9 Å². The summed E-state index contributed by atoms with van der Waals surface area (Å²) in [5.41, 5.74) is 3.55. The number of nitrogens with zero attached hydrogens (tertiary/aromatic N) is 3. The van der Waals surface area contributed by atoms with Crippen molar-refractivity contribution in [1.82, 2.24) is 9.47 Å². The molecule has 2 aliphatic rings. The molecule has 2 aromatic heterocycles. The third-order valence-corrected chi connectivity index (χ3v) is 7.46. The van der Waals surface area contributed by atoms with Gasteiger partial charge in [-0.05, 0) is 59.1 Å². The van der Waals surface area contributed by atoms with Crippen molar-refractivity contribution in [3.05, 3.63) is 69.2 Å². The Morgan fingerprint density at radius 2 is 2.16 bits per heavy atom. The maximum atomic E-state index is 12.6. The number of esters is 1. The van der Waals surface area contributed by atoms with Crippen LogP contribution in [0, 0.1) is 11.1 Å². The summed E-state index contributed by atoms with van der Waals surface area (Å²) in [7, 11) is 6.00. The van der Waals surface area contributed by atoms with Crippen molar-refractivity contribution in [2.45, 2.75) is 24.5 Å². The number of carbonyl (C=O) groups excluding carboxylic acids is 1. The number of piperidine rings is 1. The smallest absolute Gasteiger partial charge is 0.344 e. The van der Waals surface area contributed by atoms with Gasteiger partial charge in [0, 0.05) is 49.8 Å². The van der Waals surface area contributed by atoms with Crippen LogP contribution in [0.25, 0.3) is 10.9 Å². The molecule has 32 heavy (non-hydrogen) atoms. The zero-order chi connectivity index (χ0) is 22.6. The fourth-order valence-electron chi connectivity index (χ4n) is 5.73. The number of benzene rings is 1. The summed E-state index contributed by atoms with van der Waals surface area (Å²) >= 11 is 3.25. The Bertz CT molecular complexity index is 1190. The van der Waals surface area contributed by atoms with Crippen molar-refractivity contribution < 1.29 is 19.0 Å². The normalized spacial score (nSPS) is 25.0. The Balaban J connectivity index is 1.43. The summed E-state index contributed by atoms with van der Waals surface area (Å²) in [6, 6.07) is 8.23. The lowest BCUT2D eigenvalue weighted by Crippen LogP contribution is -2.60. The van der Waals surface area contributed by atoms with Crippen molar-refractivity contribution >= 4 is 32.8 Å². The SMILES string of the molecule is CO[C@]12C[C@@H](COC(=O)c3cc(Br)c[n+]([O-])c3)CN(C)[C@@H]1Cc1cn(C)c3cccc2c13. The maximum absolute atomic E-state index is 12.6. The molecular formula is C24H26BrN3O4. The molecule has 3 heterocycles. The molecule has 8 heteroatoms. The Hall–Kier alpha value is -2.42. The lowest BCUT2D eigenvalue weighted by molar-refractivity contribution is -0.606. The number of likely N-dealkylation sites (tertiary alicyclic amines) is 1. The number of aryl methyl sites for hydroxylation is 1. The van der Waals surface area contributed by atoms with Crippen LogP contribution in [-0.4, -0.2) is 48.8 Å². The number of pyridine rings is 1. The molecule has 1 fully saturated rings. The highest BCUT2D eigenvalue weighted by molar-refractivity contribution is 9.10. The minimum absolute atomic E-state index is 0.104. The van der Waals surface area contributed by atoms with Crippen LogP contribution in [0.3, 0.4) is 0 Å². The predicted molar refractivity (Wildman–Crippen MR) is 123 cm³/mol. The van der Waals surface area contributed by atoms with Crippen LogP contribution >= 0.6 is 15.9 Å². The minimum atomic E-state index is -0.497. The summed E-state index contributed by atoms with van der Waals surface area (Å²) in [4.78, 5) is 14.9. The van der Waals surface area contributed by atoms with Gasteiger partial charge in [-0.1, -0.05) is 12.1 Å². The average Bonchev–Trinajstić information content (AvgIpc) is 3.09. The first kappa shape index (κ1) is 21.4. The number of likely N-dealkylation sites (N-methyl/N-ethyl adjacent to an activating group) is 1. The Morgan fingerprint density at radius 1 is 1.34 bits per heavy atom. The minimum Gasteiger partial charge on any atom is -0.619 e. The molecule has 5 rings (SSSR count). The largest absolute Gasteiger partial charge is 0.619 e. The highest BCUT2D eigenvalue weighted by Crippen LogP contribution is 2.49. The third-order valence-electron chi connectivity index (χ3n) is 7.03. The molecular weight excluding hydrogens is 474 g/mol. The van der Waals surface area contributed by atoms with Crippen molar-refractivity contribution in [2.75, 3.05) is 27.3 Å². The van der Waals surface area contributed by atoms with Gasteiger partial charge in [0.05, 0.1) is 11.1 Å². The van der Waals surface area contributed by atoms with Crippen LogP contribution in [-0.2, 0) is 28.5 Å². The molecule has 0 saturated carbocycles. The maximum Gasteiger partial charge on any atom is 0.344 e. The van der Waals surface area contributed by atoms with Gasteiger partial charge in [0.1, 0.15) is 11.2 Å². The summed E-state index contributed by atoms with van der Waals surface area (Å²) in [5.74, 6) is -0.393. The number of aromatic nitrogens is 2. The number of ether oxygens (including phenoxy) is 2. The molecule has 1 saturated heterocycles. The van der Waals surface area contributed by atoms with E-state index in [1.807, 2.05) is 0 Å². The second kappa shape index (κ2) is 7.86. The van der Waals surface area contributed by atoms with E-state index < -0.39 is 11.6 Å². The number of hydrogen-bond acceptors (Lipinski definition) is 5. The molecule has 1 aromatic carbocycles. The van der Waals surface area contributed by atoms with Gasteiger partial charge < -0.3 is 19.2 Å². The lowest BCUT2D eigenvalue weighted by Gasteiger charge is -2.53. The average molecular weight is 500 g/mol. The Morgan fingerprint density at radius 3 is 2.91 bits per heavy atom. The monoisotopic (exact) mass is 499 g/mol. The van der Waals surface area contributed by atoms with Crippen LogP contribution < -0.4 is 4.73 Å². The van der Waals surface area contributed by atoms with Gasteiger partial charge >= 0.3 is 5.97 Å². The molecule has 3 atom stereocenters. The number of halogens is 1. The van der Waals surface area contributed by atoms with Crippen LogP contribution in [0.2, 0.25) is 0 Å². The quantitative estimate of drug-likeness (QED) is 0.313. The standard InChI is InChI=1S/C24H26BrN3O4/c1-26-11-16-8-21-24(31-3,19-5-4-6-20(26)22(16)19)9-15(10-27(21)2)14-32-23(29)17-7-18(25)13-28(30)12-17/h4-7,11-13,15,21H,8-10,14H2,1-3H3/t15-,21-,24+/m1/s1. The van der Waals surface area contributed by atoms with E-state index in [-0.39, 0.29) is 24.1 Å². The first-order valence-corrected chi connectivity index (χ1v) is 11.5. The molecule has 0 amide bonds.